The van der Waals surface area contributed by atoms with E-state index in [1.165, 1.54) is 30.3 Å². The Morgan fingerprint density at radius 2 is 2.00 bits per heavy atom. The number of ether oxygens (including phenoxy) is 1. The van der Waals surface area contributed by atoms with Gasteiger partial charge in [0.15, 0.2) is 0 Å². The van der Waals surface area contributed by atoms with E-state index in [1.807, 2.05) is 0 Å². The van der Waals surface area contributed by atoms with Crippen molar-refractivity contribution in [2.45, 2.75) is 0 Å². The number of benzene rings is 1. The number of nitrogens with one attached hydrogen (secondary N) is 1. The monoisotopic (exact) mass is 259 g/mol. The molecule has 0 aliphatic heterocycles. The lowest BCUT2D eigenvalue weighted by molar-refractivity contribution is 0.340. The summed E-state index contributed by atoms with van der Waals surface area (Å²) >= 11 is 0. The predicted octanol–water partition coefficient (Wildman–Crippen LogP) is 1.31. The van der Waals surface area contributed by atoms with Crippen LogP contribution in [0.1, 0.15) is 0 Å². The van der Waals surface area contributed by atoms with E-state index in [2.05, 4.69) is 11.3 Å². The standard InChI is InChI=1S/C11H14FNO3S/c1-2-7-13-17(14,15)9-8-16-11-5-3-10(12)4-6-11/h2-6,13H,1,7-9H2. The van der Waals surface area contributed by atoms with E-state index in [9.17, 15) is 12.8 Å². The Hall–Kier alpha value is -1.40. The molecule has 6 heteroatoms. The number of hydrogen-bond acceptors (Lipinski definition) is 3. The summed E-state index contributed by atoms with van der Waals surface area (Å²) in [5, 5.41) is 0. The molecular formula is C11H14FNO3S. The van der Waals surface area contributed by atoms with Gasteiger partial charge in [0, 0.05) is 6.54 Å². The third kappa shape index (κ3) is 5.46. The minimum Gasteiger partial charge on any atom is -0.492 e. The molecule has 0 radical (unpaired) electrons. The van der Waals surface area contributed by atoms with Gasteiger partial charge in [0.25, 0.3) is 0 Å². The van der Waals surface area contributed by atoms with E-state index in [4.69, 9.17) is 4.74 Å². The molecule has 0 amide bonds. The van der Waals surface area contributed by atoms with Crippen LogP contribution in [0.4, 0.5) is 4.39 Å². The van der Waals surface area contributed by atoms with Crippen LogP contribution in [0.3, 0.4) is 0 Å². The molecule has 0 spiro atoms. The quantitative estimate of drug-likeness (QED) is 0.751. The van der Waals surface area contributed by atoms with Crippen molar-refractivity contribution in [2.75, 3.05) is 18.9 Å². The van der Waals surface area contributed by atoms with Crippen LogP contribution in [0.15, 0.2) is 36.9 Å². The second kappa shape index (κ2) is 6.36. The number of sulfonamides is 1. The molecule has 0 bridgehead atoms. The largest absolute Gasteiger partial charge is 0.492 e. The first-order chi connectivity index (χ1) is 8.03. The van der Waals surface area contributed by atoms with Crippen LogP contribution in [0.25, 0.3) is 0 Å². The van der Waals surface area contributed by atoms with Gasteiger partial charge in [-0.2, -0.15) is 0 Å². The zero-order valence-corrected chi connectivity index (χ0v) is 10.0. The summed E-state index contributed by atoms with van der Waals surface area (Å²) in [4.78, 5) is 0. The fourth-order valence-electron chi connectivity index (χ4n) is 1.06. The van der Waals surface area contributed by atoms with Crippen molar-refractivity contribution in [1.82, 2.24) is 4.72 Å². The average molecular weight is 259 g/mol. The molecule has 4 nitrogen and oxygen atoms in total. The molecule has 0 atom stereocenters. The zero-order valence-electron chi connectivity index (χ0n) is 9.23. The maximum atomic E-state index is 12.6. The first-order valence-corrected chi connectivity index (χ1v) is 6.65. The molecule has 0 heterocycles. The van der Waals surface area contributed by atoms with Crippen molar-refractivity contribution in [3.63, 3.8) is 0 Å². The van der Waals surface area contributed by atoms with Crippen molar-refractivity contribution < 1.29 is 17.5 Å². The van der Waals surface area contributed by atoms with E-state index in [-0.39, 0.29) is 24.7 Å². The highest BCUT2D eigenvalue weighted by molar-refractivity contribution is 7.89. The highest BCUT2D eigenvalue weighted by Crippen LogP contribution is 2.10. The van der Waals surface area contributed by atoms with Gasteiger partial charge in [-0.15, -0.1) is 6.58 Å². The van der Waals surface area contributed by atoms with Gasteiger partial charge in [-0.25, -0.2) is 17.5 Å². The summed E-state index contributed by atoms with van der Waals surface area (Å²) in [5.41, 5.74) is 0. The normalized spacial score (nSPS) is 11.1. The van der Waals surface area contributed by atoms with Gasteiger partial charge in [0.2, 0.25) is 10.0 Å². The number of hydrogen-bond donors (Lipinski definition) is 1. The number of rotatable bonds is 7. The summed E-state index contributed by atoms with van der Waals surface area (Å²) in [6.07, 6.45) is 1.46. The van der Waals surface area contributed by atoms with Crippen molar-refractivity contribution in [3.8, 4) is 5.75 Å². The van der Waals surface area contributed by atoms with Gasteiger partial charge >= 0.3 is 0 Å². The van der Waals surface area contributed by atoms with E-state index in [1.54, 1.807) is 0 Å². The topological polar surface area (TPSA) is 55.4 Å². The maximum Gasteiger partial charge on any atom is 0.215 e. The minimum atomic E-state index is -3.34. The molecule has 1 aromatic rings. The molecule has 94 valence electrons. The first-order valence-electron chi connectivity index (χ1n) is 5.00. The smallest absolute Gasteiger partial charge is 0.215 e. The molecule has 1 N–H and O–H groups in total. The van der Waals surface area contributed by atoms with Crippen molar-refractivity contribution in [3.05, 3.63) is 42.7 Å². The molecule has 0 unspecified atom stereocenters. The van der Waals surface area contributed by atoms with Crippen LogP contribution in [0.2, 0.25) is 0 Å². The van der Waals surface area contributed by atoms with Crippen LogP contribution in [0.5, 0.6) is 5.75 Å². The van der Waals surface area contributed by atoms with Gasteiger partial charge in [0.05, 0.1) is 5.75 Å². The predicted molar refractivity (Wildman–Crippen MR) is 63.9 cm³/mol. The lowest BCUT2D eigenvalue weighted by Gasteiger charge is -2.07. The third-order valence-electron chi connectivity index (χ3n) is 1.88. The Balaban J connectivity index is 2.37. The first kappa shape index (κ1) is 13.7. The van der Waals surface area contributed by atoms with Crippen LogP contribution in [0, 0.1) is 5.82 Å². The lowest BCUT2D eigenvalue weighted by atomic mass is 10.3. The Kier molecular flexibility index (Phi) is 5.11. The van der Waals surface area contributed by atoms with Gasteiger partial charge in [0.1, 0.15) is 18.2 Å². The molecule has 1 rings (SSSR count). The summed E-state index contributed by atoms with van der Waals surface area (Å²) in [6.45, 7) is 3.61. The Morgan fingerprint density at radius 1 is 1.35 bits per heavy atom. The Bertz CT molecular complexity index is 456. The van der Waals surface area contributed by atoms with Crippen LogP contribution in [-0.2, 0) is 10.0 Å². The minimum absolute atomic E-state index is 0.0120. The average Bonchev–Trinajstić information content (AvgIpc) is 2.29. The molecular weight excluding hydrogens is 245 g/mol. The second-order valence-corrected chi connectivity index (χ2v) is 5.18. The zero-order chi connectivity index (χ0) is 12.7. The van der Waals surface area contributed by atoms with Gasteiger partial charge in [-0.1, -0.05) is 6.08 Å². The molecule has 17 heavy (non-hydrogen) atoms. The highest BCUT2D eigenvalue weighted by Gasteiger charge is 2.08. The van der Waals surface area contributed by atoms with Crippen LogP contribution >= 0.6 is 0 Å². The van der Waals surface area contributed by atoms with Crippen molar-refractivity contribution in [2.24, 2.45) is 0 Å². The fourth-order valence-corrected chi connectivity index (χ4v) is 1.88. The molecule has 0 aromatic heterocycles. The van der Waals surface area contributed by atoms with E-state index >= 15 is 0 Å². The van der Waals surface area contributed by atoms with Crippen LogP contribution < -0.4 is 9.46 Å². The summed E-state index contributed by atoms with van der Waals surface area (Å²) in [7, 11) is -3.34. The SMILES string of the molecule is C=CCNS(=O)(=O)CCOc1ccc(F)cc1. The fraction of sp³-hybridized carbons (Fsp3) is 0.273. The van der Waals surface area contributed by atoms with Gasteiger partial charge in [-0.3, -0.25) is 0 Å². The Labute approximate surface area is 100 Å². The molecule has 1 aromatic carbocycles. The highest BCUT2D eigenvalue weighted by atomic mass is 32.2. The maximum absolute atomic E-state index is 12.6. The summed E-state index contributed by atoms with van der Waals surface area (Å²) < 4.78 is 42.7. The molecule has 0 fully saturated rings. The second-order valence-electron chi connectivity index (χ2n) is 3.26. The van der Waals surface area contributed by atoms with Crippen molar-refractivity contribution >= 4 is 10.0 Å². The van der Waals surface area contributed by atoms with Gasteiger partial charge in [-0.05, 0) is 24.3 Å². The van der Waals surface area contributed by atoms with E-state index < -0.39 is 10.0 Å². The molecule has 0 saturated heterocycles. The number of halogens is 1. The third-order valence-corrected chi connectivity index (χ3v) is 3.19. The van der Waals surface area contributed by atoms with Crippen molar-refractivity contribution in [1.29, 1.82) is 0 Å². The lowest BCUT2D eigenvalue weighted by Crippen LogP contribution is -2.29. The molecule has 0 aliphatic rings. The molecule has 0 saturated carbocycles. The Morgan fingerprint density at radius 3 is 2.59 bits per heavy atom. The van der Waals surface area contributed by atoms with Gasteiger partial charge < -0.3 is 4.74 Å². The molecule has 0 aliphatic carbocycles. The summed E-state index contributed by atoms with van der Waals surface area (Å²) in [6, 6.07) is 5.39. The summed E-state index contributed by atoms with van der Waals surface area (Å²) in [5.74, 6) is -0.0824. The van der Waals surface area contributed by atoms with Crippen LogP contribution in [-0.4, -0.2) is 27.3 Å². The van der Waals surface area contributed by atoms with E-state index in [0.717, 1.165) is 0 Å². The van der Waals surface area contributed by atoms with E-state index in [0.29, 0.717) is 5.75 Å².